The van der Waals surface area contributed by atoms with Gasteiger partial charge in [0.1, 0.15) is 11.7 Å². The molecule has 0 saturated heterocycles. The van der Waals surface area contributed by atoms with E-state index in [2.05, 4.69) is 15.3 Å². The number of rotatable bonds is 2. The van der Waals surface area contributed by atoms with Crippen molar-refractivity contribution in [3.05, 3.63) is 29.6 Å². The Morgan fingerprint density at radius 3 is 2.69 bits per heavy atom. The predicted octanol–water partition coefficient (Wildman–Crippen LogP) is 1.29. The topological polar surface area (TPSA) is 54.4 Å². The first-order valence-corrected chi connectivity index (χ1v) is 5.40. The highest BCUT2D eigenvalue weighted by molar-refractivity contribution is 6.12. The lowest BCUT2D eigenvalue weighted by Gasteiger charge is -2.06. The van der Waals surface area contributed by atoms with E-state index < -0.39 is 0 Å². The largest absolute Gasteiger partial charge is 0.307 e. The van der Waals surface area contributed by atoms with Crippen LogP contribution < -0.4 is 5.32 Å². The van der Waals surface area contributed by atoms with Gasteiger partial charge in [-0.25, -0.2) is 4.98 Å². The lowest BCUT2D eigenvalue weighted by atomic mass is 10.1. The monoisotopic (exact) mass is 217 g/mol. The molecule has 84 valence electrons. The van der Waals surface area contributed by atoms with Gasteiger partial charge >= 0.3 is 0 Å². The maximum atomic E-state index is 11.6. The Morgan fingerprint density at radius 2 is 2.12 bits per heavy atom. The second-order valence-electron chi connectivity index (χ2n) is 4.32. The summed E-state index contributed by atoms with van der Waals surface area (Å²) in [4.78, 5) is 20.3. The highest BCUT2D eigenvalue weighted by Gasteiger charge is 2.29. The van der Waals surface area contributed by atoms with Crippen molar-refractivity contribution < 1.29 is 4.79 Å². The molecule has 4 nitrogen and oxygen atoms in total. The summed E-state index contributed by atoms with van der Waals surface area (Å²) in [6, 6.07) is 5.40. The molecule has 0 radical (unpaired) electrons. The van der Waals surface area contributed by atoms with Gasteiger partial charge in [0.25, 0.3) is 5.91 Å². The average molecular weight is 217 g/mol. The van der Waals surface area contributed by atoms with Crippen molar-refractivity contribution in [3.8, 4) is 0 Å². The summed E-state index contributed by atoms with van der Waals surface area (Å²) in [7, 11) is 0. The Bertz CT molecular complexity index is 451. The number of aromatic nitrogens is 1. The number of nitrogens with zero attached hydrogens (tertiary/aromatic N) is 2. The third-order valence-electron chi connectivity index (χ3n) is 2.54. The van der Waals surface area contributed by atoms with Crippen LogP contribution in [-0.4, -0.2) is 22.8 Å². The Kier molecular flexibility index (Phi) is 2.73. The molecule has 0 aliphatic carbocycles. The number of carbonyl (C=O) groups is 1. The van der Waals surface area contributed by atoms with E-state index >= 15 is 0 Å². The fourth-order valence-electron chi connectivity index (χ4n) is 1.68. The van der Waals surface area contributed by atoms with Gasteiger partial charge in [-0.15, -0.1) is 0 Å². The van der Waals surface area contributed by atoms with Gasteiger partial charge in [-0.2, -0.15) is 0 Å². The summed E-state index contributed by atoms with van der Waals surface area (Å²) in [6.45, 7) is 5.89. The fraction of sp³-hybridized carbons (Fsp3) is 0.417. The van der Waals surface area contributed by atoms with Crippen LogP contribution in [0.15, 0.2) is 23.2 Å². The number of hydrogen-bond acceptors (Lipinski definition) is 3. The summed E-state index contributed by atoms with van der Waals surface area (Å²) in [5, 5.41) is 2.78. The standard InChI is InChI=1S/C12H15N3O/c1-7(2)10-12(16)15-11(14-10)9-6-4-5-8(3)13-9/h4-7,10H,1-3H3,(H,14,15,16). The summed E-state index contributed by atoms with van der Waals surface area (Å²) in [5.74, 6) is 0.767. The van der Waals surface area contributed by atoms with Crippen molar-refractivity contribution in [3.63, 3.8) is 0 Å². The van der Waals surface area contributed by atoms with Gasteiger partial charge in [0.05, 0.1) is 0 Å². The lowest BCUT2D eigenvalue weighted by Crippen LogP contribution is -2.31. The normalized spacial score (nSPS) is 19.9. The third kappa shape index (κ3) is 1.96. The van der Waals surface area contributed by atoms with Crippen LogP contribution in [0.3, 0.4) is 0 Å². The zero-order valence-electron chi connectivity index (χ0n) is 9.69. The van der Waals surface area contributed by atoms with E-state index in [-0.39, 0.29) is 17.9 Å². The minimum Gasteiger partial charge on any atom is -0.307 e. The van der Waals surface area contributed by atoms with Crippen LogP contribution in [-0.2, 0) is 4.79 Å². The van der Waals surface area contributed by atoms with Crippen LogP contribution >= 0.6 is 0 Å². The first-order chi connectivity index (χ1) is 7.58. The van der Waals surface area contributed by atoms with Crippen LogP contribution in [0.1, 0.15) is 25.2 Å². The Balaban J connectivity index is 2.30. The maximum absolute atomic E-state index is 11.6. The molecule has 0 bridgehead atoms. The molecule has 1 aromatic heterocycles. The van der Waals surface area contributed by atoms with E-state index in [1.54, 1.807) is 0 Å². The number of carbonyl (C=O) groups excluding carboxylic acids is 1. The zero-order chi connectivity index (χ0) is 11.7. The first kappa shape index (κ1) is 10.8. The minimum absolute atomic E-state index is 0.0340. The van der Waals surface area contributed by atoms with Crippen molar-refractivity contribution in [1.29, 1.82) is 0 Å². The molecule has 16 heavy (non-hydrogen) atoms. The van der Waals surface area contributed by atoms with Gasteiger partial charge < -0.3 is 5.32 Å². The number of aryl methyl sites for hydroxylation is 1. The lowest BCUT2D eigenvalue weighted by molar-refractivity contribution is -0.120. The van der Waals surface area contributed by atoms with Gasteiger partial charge in [-0.05, 0) is 25.0 Å². The number of nitrogens with one attached hydrogen (secondary N) is 1. The molecule has 0 fully saturated rings. The van der Waals surface area contributed by atoms with Gasteiger partial charge in [-0.1, -0.05) is 19.9 Å². The Hall–Kier alpha value is -1.71. The molecule has 1 N–H and O–H groups in total. The van der Waals surface area contributed by atoms with Crippen molar-refractivity contribution in [2.45, 2.75) is 26.8 Å². The van der Waals surface area contributed by atoms with Crippen molar-refractivity contribution in [1.82, 2.24) is 10.3 Å². The number of aliphatic imine (C=N–C) groups is 1. The highest BCUT2D eigenvalue weighted by atomic mass is 16.2. The first-order valence-electron chi connectivity index (χ1n) is 5.40. The molecule has 0 saturated carbocycles. The quantitative estimate of drug-likeness (QED) is 0.811. The minimum atomic E-state index is -0.280. The summed E-state index contributed by atoms with van der Waals surface area (Å²) in [6.07, 6.45) is 0. The number of amides is 1. The molecule has 2 heterocycles. The van der Waals surface area contributed by atoms with Crippen LogP contribution in [0.4, 0.5) is 0 Å². The average Bonchev–Trinajstić information content (AvgIpc) is 2.60. The highest BCUT2D eigenvalue weighted by Crippen LogP contribution is 2.13. The number of pyridine rings is 1. The fourth-order valence-corrected chi connectivity index (χ4v) is 1.68. The second-order valence-corrected chi connectivity index (χ2v) is 4.32. The van der Waals surface area contributed by atoms with Crippen LogP contribution in [0.25, 0.3) is 0 Å². The molecule has 1 unspecified atom stereocenters. The van der Waals surface area contributed by atoms with Crippen LogP contribution in [0.5, 0.6) is 0 Å². The van der Waals surface area contributed by atoms with Crippen molar-refractivity contribution >= 4 is 11.7 Å². The van der Waals surface area contributed by atoms with Gasteiger partial charge in [0.2, 0.25) is 0 Å². The van der Waals surface area contributed by atoms with Crippen molar-refractivity contribution in [2.24, 2.45) is 10.9 Å². The molecular formula is C12H15N3O. The molecule has 1 aliphatic rings. The Labute approximate surface area is 94.8 Å². The molecule has 1 amide bonds. The molecule has 4 heteroatoms. The molecule has 0 spiro atoms. The molecule has 1 aromatic rings. The summed E-state index contributed by atoms with van der Waals surface area (Å²) >= 11 is 0. The number of amidine groups is 1. The maximum Gasteiger partial charge on any atom is 0.250 e. The zero-order valence-corrected chi connectivity index (χ0v) is 9.69. The molecule has 0 aromatic carbocycles. The molecule has 1 aliphatic heterocycles. The van der Waals surface area contributed by atoms with Gasteiger partial charge in [-0.3, -0.25) is 9.79 Å². The van der Waals surface area contributed by atoms with E-state index in [1.807, 2.05) is 39.0 Å². The van der Waals surface area contributed by atoms with E-state index in [4.69, 9.17) is 0 Å². The van der Waals surface area contributed by atoms with E-state index in [0.717, 1.165) is 11.4 Å². The Morgan fingerprint density at radius 1 is 1.38 bits per heavy atom. The molecule has 1 atom stereocenters. The van der Waals surface area contributed by atoms with Crippen LogP contribution in [0, 0.1) is 12.8 Å². The predicted molar refractivity (Wildman–Crippen MR) is 62.3 cm³/mol. The molecular weight excluding hydrogens is 202 g/mol. The smallest absolute Gasteiger partial charge is 0.250 e. The van der Waals surface area contributed by atoms with E-state index in [0.29, 0.717) is 5.84 Å². The van der Waals surface area contributed by atoms with Gasteiger partial charge in [0.15, 0.2) is 5.84 Å². The second kappa shape index (κ2) is 4.04. The summed E-state index contributed by atoms with van der Waals surface area (Å²) in [5.41, 5.74) is 1.65. The van der Waals surface area contributed by atoms with Crippen LogP contribution in [0.2, 0.25) is 0 Å². The van der Waals surface area contributed by atoms with E-state index in [9.17, 15) is 4.79 Å². The van der Waals surface area contributed by atoms with E-state index in [1.165, 1.54) is 0 Å². The third-order valence-corrected chi connectivity index (χ3v) is 2.54. The van der Waals surface area contributed by atoms with Crippen molar-refractivity contribution in [2.75, 3.05) is 0 Å². The van der Waals surface area contributed by atoms with Gasteiger partial charge in [0, 0.05) is 5.69 Å². The SMILES string of the molecule is Cc1cccc(C2=NC(C(C)C)C(=O)N2)n1. The molecule has 2 rings (SSSR count). The number of hydrogen-bond donors (Lipinski definition) is 1. The summed E-state index contributed by atoms with van der Waals surface area (Å²) < 4.78 is 0.